The van der Waals surface area contributed by atoms with Crippen LogP contribution in [0.3, 0.4) is 0 Å². The second-order valence-electron chi connectivity index (χ2n) is 13.5. The molecule has 0 bridgehead atoms. The van der Waals surface area contributed by atoms with Gasteiger partial charge in [0.2, 0.25) is 6.10 Å². The molecule has 1 fully saturated rings. The van der Waals surface area contributed by atoms with Crippen LogP contribution in [0.15, 0.2) is 54.7 Å². The Morgan fingerprint density at radius 1 is 0.935 bits per heavy atom. The molecule has 1 atom stereocenters. The van der Waals surface area contributed by atoms with Gasteiger partial charge in [-0.05, 0) is 83.3 Å². The van der Waals surface area contributed by atoms with Gasteiger partial charge in [-0.1, -0.05) is 12.1 Å². The zero-order chi connectivity index (χ0) is 33.4. The van der Waals surface area contributed by atoms with Gasteiger partial charge in [-0.3, -0.25) is 14.9 Å². The molecule has 0 spiro atoms. The van der Waals surface area contributed by atoms with Crippen molar-refractivity contribution in [3.63, 3.8) is 0 Å². The van der Waals surface area contributed by atoms with Gasteiger partial charge in [0, 0.05) is 19.0 Å². The summed E-state index contributed by atoms with van der Waals surface area (Å²) >= 11 is 0. The molecule has 1 saturated heterocycles. The van der Waals surface area contributed by atoms with Crippen molar-refractivity contribution in [1.82, 2.24) is 9.96 Å². The van der Waals surface area contributed by atoms with E-state index in [4.69, 9.17) is 19.0 Å². The average Bonchev–Trinajstić information content (AvgIpc) is 3.18. The van der Waals surface area contributed by atoms with Gasteiger partial charge in [0.15, 0.2) is 0 Å². The highest BCUT2D eigenvalue weighted by Crippen LogP contribution is 2.28. The molecule has 1 aromatic heterocycles. The normalized spacial score (nSPS) is 15.8. The predicted molar refractivity (Wildman–Crippen MR) is 168 cm³/mol. The molecule has 46 heavy (non-hydrogen) atoms. The number of nitrogens with zero attached hydrogens (tertiary/aromatic N) is 3. The summed E-state index contributed by atoms with van der Waals surface area (Å²) in [5.74, 6) is -0.444. The second-order valence-corrected chi connectivity index (χ2v) is 13.5. The highest BCUT2D eigenvalue weighted by Gasteiger charge is 2.41. The highest BCUT2D eigenvalue weighted by molar-refractivity contribution is 6.20. The summed E-state index contributed by atoms with van der Waals surface area (Å²) in [5, 5.41) is 5.95. The van der Waals surface area contributed by atoms with Crippen molar-refractivity contribution in [3.8, 4) is 5.75 Å². The SMILES string of the molecule is C[n+]1ccc2cc(OC[C@H](ON3C(=O)c4ccccc4C3=O)C(=O)OC(C)(C)C)ccc2c1NCC1CN(C(=O)OC(C)(C)C)C1. The van der Waals surface area contributed by atoms with Gasteiger partial charge >= 0.3 is 12.1 Å². The number of aromatic nitrogens is 1. The van der Waals surface area contributed by atoms with Gasteiger partial charge in [0.1, 0.15) is 23.6 Å². The monoisotopic (exact) mass is 633 g/mol. The van der Waals surface area contributed by atoms with E-state index in [1.165, 1.54) is 12.1 Å². The molecular weight excluding hydrogens is 592 g/mol. The molecule has 3 heterocycles. The Morgan fingerprint density at radius 3 is 2.17 bits per heavy atom. The molecule has 0 radical (unpaired) electrons. The number of nitrogens with one attached hydrogen (secondary N) is 1. The molecule has 0 aliphatic carbocycles. The van der Waals surface area contributed by atoms with Crippen LogP contribution >= 0.6 is 0 Å². The van der Waals surface area contributed by atoms with Crippen LogP contribution in [0, 0.1) is 5.92 Å². The number of anilines is 1. The quantitative estimate of drug-likeness (QED) is 0.209. The fourth-order valence-electron chi connectivity index (χ4n) is 5.15. The first-order chi connectivity index (χ1) is 21.6. The Balaban J connectivity index is 1.25. The molecule has 244 valence electrons. The van der Waals surface area contributed by atoms with Crippen molar-refractivity contribution >= 4 is 40.5 Å². The minimum Gasteiger partial charge on any atom is -0.490 e. The van der Waals surface area contributed by atoms with Gasteiger partial charge in [0.25, 0.3) is 17.6 Å². The first kappa shape index (κ1) is 32.7. The number of benzene rings is 2. The Hall–Kier alpha value is -4.71. The first-order valence-electron chi connectivity index (χ1n) is 15.2. The Labute approximate surface area is 268 Å². The number of likely N-dealkylation sites (tertiary alicyclic amines) is 1. The fraction of sp³-hybridized carbons (Fsp3) is 0.441. The summed E-state index contributed by atoms with van der Waals surface area (Å²) in [4.78, 5) is 58.6. The summed E-state index contributed by atoms with van der Waals surface area (Å²) < 4.78 is 18.9. The van der Waals surface area contributed by atoms with Crippen LogP contribution in [0.25, 0.3) is 10.8 Å². The smallest absolute Gasteiger partial charge is 0.410 e. The van der Waals surface area contributed by atoms with E-state index in [0.717, 1.165) is 16.6 Å². The Morgan fingerprint density at radius 2 is 1.57 bits per heavy atom. The summed E-state index contributed by atoms with van der Waals surface area (Å²) in [5.41, 5.74) is -0.972. The van der Waals surface area contributed by atoms with Crippen LogP contribution in [0.2, 0.25) is 0 Å². The van der Waals surface area contributed by atoms with Crippen molar-refractivity contribution < 1.29 is 42.8 Å². The third-order valence-corrected chi connectivity index (χ3v) is 7.34. The van der Waals surface area contributed by atoms with Gasteiger partial charge in [-0.2, -0.15) is 0 Å². The first-order valence-corrected chi connectivity index (χ1v) is 15.2. The maximum atomic E-state index is 13.1. The molecule has 1 N–H and O–H groups in total. The average molecular weight is 634 g/mol. The van der Waals surface area contributed by atoms with E-state index < -0.39 is 35.1 Å². The van der Waals surface area contributed by atoms with Crippen molar-refractivity contribution in [2.75, 3.05) is 31.6 Å². The number of hydroxylamine groups is 2. The zero-order valence-corrected chi connectivity index (χ0v) is 27.3. The minimum absolute atomic E-state index is 0.195. The lowest BCUT2D eigenvalue weighted by Crippen LogP contribution is -2.54. The number of fused-ring (bicyclic) bond motifs is 2. The molecule has 12 heteroatoms. The molecule has 0 unspecified atom stereocenters. The van der Waals surface area contributed by atoms with E-state index in [1.807, 2.05) is 56.8 Å². The Kier molecular flexibility index (Phi) is 8.94. The number of pyridine rings is 1. The summed E-state index contributed by atoms with van der Waals surface area (Å²) in [6.45, 7) is 12.3. The number of carbonyl (C=O) groups excluding carboxylic acids is 4. The number of aryl methyl sites for hydroxylation is 1. The minimum atomic E-state index is -1.40. The zero-order valence-electron chi connectivity index (χ0n) is 27.3. The maximum Gasteiger partial charge on any atom is 0.410 e. The van der Waals surface area contributed by atoms with Crippen LogP contribution in [0.4, 0.5) is 10.6 Å². The van der Waals surface area contributed by atoms with Crippen LogP contribution in [-0.2, 0) is 26.2 Å². The van der Waals surface area contributed by atoms with Crippen molar-refractivity contribution in [3.05, 3.63) is 65.9 Å². The Bertz CT molecular complexity index is 1630. The molecule has 2 aliphatic rings. The largest absolute Gasteiger partial charge is 0.490 e. The van der Waals surface area contributed by atoms with Gasteiger partial charge in [-0.15, -0.1) is 5.06 Å². The lowest BCUT2D eigenvalue weighted by atomic mass is 10.0. The van der Waals surface area contributed by atoms with E-state index in [1.54, 1.807) is 43.9 Å². The van der Waals surface area contributed by atoms with Gasteiger partial charge in [-0.25, -0.2) is 19.0 Å². The van der Waals surface area contributed by atoms with Crippen LogP contribution < -0.4 is 14.6 Å². The number of hydrogen-bond acceptors (Lipinski definition) is 9. The predicted octanol–water partition coefficient (Wildman–Crippen LogP) is 4.26. The molecule has 3 amide bonds. The van der Waals surface area contributed by atoms with E-state index in [9.17, 15) is 19.2 Å². The van der Waals surface area contributed by atoms with Crippen LogP contribution in [-0.4, -0.2) is 77.4 Å². The standard InChI is InChI=1S/C34H40N4O8/c1-33(2,3)44-31(41)27(46-38-29(39)25-10-8-9-11-26(25)30(38)40)20-43-23-12-13-24-22(16-23)14-15-36(7)28(24)35-17-21-18-37(19-21)32(42)45-34(4,5)6/h8-16,21,27H,17-20H2,1-7H3/p+1/t27-/m0/s1. The summed E-state index contributed by atoms with van der Waals surface area (Å²) in [6.07, 6.45) is 0.234. The van der Waals surface area contributed by atoms with E-state index in [2.05, 4.69) is 5.32 Å². The summed E-state index contributed by atoms with van der Waals surface area (Å²) in [6, 6.07) is 13.8. The number of ether oxygens (including phenoxy) is 3. The molecule has 2 aliphatic heterocycles. The number of amides is 3. The van der Waals surface area contributed by atoms with Gasteiger partial charge in [0.05, 0.1) is 36.3 Å². The number of carbonyl (C=O) groups is 4. The lowest BCUT2D eigenvalue weighted by molar-refractivity contribution is -0.656. The van der Waals surface area contributed by atoms with Crippen LogP contribution in [0.1, 0.15) is 62.3 Å². The number of esters is 1. The van der Waals surface area contributed by atoms with E-state index in [-0.39, 0.29) is 29.7 Å². The maximum absolute atomic E-state index is 13.1. The molecule has 2 aromatic carbocycles. The molecule has 3 aromatic rings. The van der Waals surface area contributed by atoms with Crippen molar-refractivity contribution in [2.45, 2.75) is 58.8 Å². The van der Waals surface area contributed by atoms with E-state index >= 15 is 0 Å². The highest BCUT2D eigenvalue weighted by atomic mass is 16.7. The lowest BCUT2D eigenvalue weighted by Gasteiger charge is -2.38. The van der Waals surface area contributed by atoms with Crippen LogP contribution in [0.5, 0.6) is 5.75 Å². The molecule has 12 nitrogen and oxygen atoms in total. The number of imide groups is 1. The summed E-state index contributed by atoms with van der Waals surface area (Å²) in [7, 11) is 1.95. The van der Waals surface area contributed by atoms with Gasteiger partial charge < -0.3 is 19.1 Å². The van der Waals surface area contributed by atoms with Crippen molar-refractivity contribution in [2.24, 2.45) is 13.0 Å². The van der Waals surface area contributed by atoms with E-state index in [0.29, 0.717) is 30.4 Å². The third kappa shape index (κ3) is 7.39. The molecule has 5 rings (SSSR count). The molecular formula is C34H41N4O8+. The third-order valence-electron chi connectivity index (χ3n) is 7.34. The second kappa shape index (κ2) is 12.6. The molecule has 0 saturated carbocycles. The van der Waals surface area contributed by atoms with Crippen molar-refractivity contribution in [1.29, 1.82) is 0 Å². The number of rotatable bonds is 9. The topological polar surface area (TPSA) is 128 Å². The fourth-order valence-corrected chi connectivity index (χ4v) is 5.15. The number of hydrogen-bond donors (Lipinski definition) is 1.